The minimum atomic E-state index is -5.08. The Balaban J connectivity index is 0.000000616. The van der Waals surface area contributed by atoms with Gasteiger partial charge < -0.3 is 26.0 Å². The number of carbonyl (C=O) groups is 3. The number of amides is 2. The molecule has 1 aromatic carbocycles. The van der Waals surface area contributed by atoms with Gasteiger partial charge in [-0.2, -0.15) is 13.2 Å². The van der Waals surface area contributed by atoms with Crippen LogP contribution in [0.15, 0.2) is 24.3 Å². The molecule has 4 atom stereocenters. The van der Waals surface area contributed by atoms with Gasteiger partial charge in [0.2, 0.25) is 11.8 Å². The second kappa shape index (κ2) is 14.1. The van der Waals surface area contributed by atoms with Crippen LogP contribution in [0.1, 0.15) is 73.2 Å². The molecule has 42 heavy (non-hydrogen) atoms. The average Bonchev–Trinajstić information content (AvgIpc) is 3.16. The summed E-state index contributed by atoms with van der Waals surface area (Å²) in [4.78, 5) is 37.3. The number of halogens is 5. The lowest BCUT2D eigenvalue weighted by atomic mass is 9.84. The first-order chi connectivity index (χ1) is 19.6. The first-order valence-corrected chi connectivity index (χ1v) is 14.0. The highest BCUT2D eigenvalue weighted by Crippen LogP contribution is 2.43. The Morgan fingerprint density at radius 2 is 1.64 bits per heavy atom. The zero-order chi connectivity index (χ0) is 31.2. The predicted molar refractivity (Wildman–Crippen MR) is 141 cm³/mol. The summed E-state index contributed by atoms with van der Waals surface area (Å²) in [5.41, 5.74) is 7.11. The minimum Gasteiger partial charge on any atom is -0.475 e. The van der Waals surface area contributed by atoms with Gasteiger partial charge in [-0.3, -0.25) is 14.5 Å². The van der Waals surface area contributed by atoms with Crippen molar-refractivity contribution >= 4 is 17.8 Å². The molecule has 9 nitrogen and oxygen atoms in total. The van der Waals surface area contributed by atoms with Gasteiger partial charge in [-0.25, -0.2) is 13.6 Å². The third kappa shape index (κ3) is 9.08. The van der Waals surface area contributed by atoms with Crippen molar-refractivity contribution < 1.29 is 51.7 Å². The molecule has 1 saturated carbocycles. The zero-order valence-electron chi connectivity index (χ0n) is 23.1. The number of benzene rings is 1. The predicted octanol–water partition coefficient (Wildman–Crippen LogP) is 3.14. The Kier molecular flexibility index (Phi) is 11.3. The van der Waals surface area contributed by atoms with E-state index in [1.165, 1.54) is 0 Å². The Labute approximate surface area is 240 Å². The van der Waals surface area contributed by atoms with Crippen LogP contribution in [0.5, 0.6) is 0 Å². The molecular formula is C28H38F5N3O6. The molecule has 2 bridgehead atoms. The van der Waals surface area contributed by atoms with Gasteiger partial charge in [-0.1, -0.05) is 12.1 Å². The van der Waals surface area contributed by atoms with E-state index in [0.29, 0.717) is 56.0 Å². The van der Waals surface area contributed by atoms with Crippen LogP contribution in [0.2, 0.25) is 0 Å². The van der Waals surface area contributed by atoms with Crippen LogP contribution in [0.4, 0.5) is 22.0 Å². The van der Waals surface area contributed by atoms with Gasteiger partial charge in [-0.15, -0.1) is 0 Å². The second-order valence-electron chi connectivity index (χ2n) is 11.4. The molecule has 0 radical (unpaired) electrons. The summed E-state index contributed by atoms with van der Waals surface area (Å²) in [6.45, 7) is 0.727. The number of carboxylic acids is 1. The van der Waals surface area contributed by atoms with Crippen LogP contribution < -0.4 is 5.73 Å². The molecule has 14 heteroatoms. The van der Waals surface area contributed by atoms with Gasteiger partial charge in [0.15, 0.2) is 6.10 Å². The monoisotopic (exact) mass is 607 g/mol. The Bertz CT molecular complexity index is 1080. The molecule has 0 aromatic heterocycles. The number of fused-ring (bicyclic) bond motifs is 2. The highest BCUT2D eigenvalue weighted by molar-refractivity contribution is 5.92. The van der Waals surface area contributed by atoms with Crippen molar-refractivity contribution in [3.8, 4) is 0 Å². The number of aliphatic hydroxyl groups is 2. The number of primary amides is 1. The summed E-state index contributed by atoms with van der Waals surface area (Å²) in [6.07, 6.45) is -2.13. The standard InChI is InChI=1S/C26H37F2N3O4.C2HF3O2/c27-26(28)8-6-17(7-9-26)15-30(25(35)23(33)16-32)10-11-31-21-4-5-22(31)14-20(13-21)18-2-1-3-19(12-18)24(29)34;3-2(4,5)1(6)7/h1-3,12,17,20-23,32-33H,4-11,13-16H2,(H2,29,34);(H,6,7)/t20?,21-,22+,23-;/m0./s1. The number of nitrogens with two attached hydrogens (primary N) is 1. The van der Waals surface area contributed by atoms with E-state index >= 15 is 0 Å². The van der Waals surface area contributed by atoms with E-state index in [1.54, 1.807) is 11.0 Å². The highest BCUT2D eigenvalue weighted by Gasteiger charge is 2.42. The maximum atomic E-state index is 13.6. The molecule has 3 aliphatic rings. The molecule has 2 amide bonds. The Morgan fingerprint density at radius 1 is 1.07 bits per heavy atom. The number of aliphatic hydroxyl groups excluding tert-OH is 2. The normalized spacial score (nSPS) is 24.8. The fourth-order valence-corrected chi connectivity index (χ4v) is 6.27. The number of alkyl halides is 5. The van der Waals surface area contributed by atoms with E-state index in [2.05, 4.69) is 11.0 Å². The summed E-state index contributed by atoms with van der Waals surface area (Å²) >= 11 is 0. The fraction of sp³-hybridized carbons (Fsp3) is 0.679. The van der Waals surface area contributed by atoms with Crippen molar-refractivity contribution in [3.05, 3.63) is 35.4 Å². The molecule has 5 N–H and O–H groups in total. The van der Waals surface area contributed by atoms with Gasteiger partial charge in [-0.05, 0) is 68.1 Å². The van der Waals surface area contributed by atoms with E-state index in [1.807, 2.05) is 12.1 Å². The highest BCUT2D eigenvalue weighted by atomic mass is 19.4. The lowest BCUT2D eigenvalue weighted by Crippen LogP contribution is -2.50. The third-order valence-electron chi connectivity index (χ3n) is 8.48. The van der Waals surface area contributed by atoms with Gasteiger partial charge in [0.1, 0.15) is 0 Å². The van der Waals surface area contributed by atoms with Crippen molar-refractivity contribution in [1.82, 2.24) is 9.80 Å². The number of carboxylic acid groups (broad SMARTS) is 1. The average molecular weight is 608 g/mol. The van der Waals surface area contributed by atoms with Crippen molar-refractivity contribution in [2.75, 3.05) is 26.2 Å². The molecular weight excluding hydrogens is 569 g/mol. The van der Waals surface area contributed by atoms with Crippen molar-refractivity contribution in [2.24, 2.45) is 11.7 Å². The summed E-state index contributed by atoms with van der Waals surface area (Å²) in [7, 11) is 0. The van der Waals surface area contributed by atoms with E-state index in [4.69, 9.17) is 15.6 Å². The number of carbonyl (C=O) groups excluding carboxylic acids is 2. The van der Waals surface area contributed by atoms with Crippen molar-refractivity contribution in [1.29, 1.82) is 0 Å². The maximum Gasteiger partial charge on any atom is 0.490 e. The molecule has 3 fully saturated rings. The molecule has 4 rings (SSSR count). The first kappa shape index (κ1) is 33.7. The second-order valence-corrected chi connectivity index (χ2v) is 11.4. The van der Waals surface area contributed by atoms with Gasteiger partial charge in [0.25, 0.3) is 5.91 Å². The van der Waals surface area contributed by atoms with Crippen LogP contribution in [0, 0.1) is 5.92 Å². The molecule has 0 spiro atoms. The van der Waals surface area contributed by atoms with Crippen molar-refractivity contribution in [2.45, 2.75) is 87.6 Å². The summed E-state index contributed by atoms with van der Waals surface area (Å²) < 4.78 is 58.9. The van der Waals surface area contributed by atoms with Crippen molar-refractivity contribution in [3.63, 3.8) is 0 Å². The molecule has 2 heterocycles. The number of piperidine rings is 1. The smallest absolute Gasteiger partial charge is 0.475 e. The molecule has 2 aliphatic heterocycles. The van der Waals surface area contributed by atoms with E-state index in [-0.39, 0.29) is 18.8 Å². The van der Waals surface area contributed by atoms with E-state index in [0.717, 1.165) is 31.2 Å². The van der Waals surface area contributed by atoms with Crippen LogP contribution in [0.25, 0.3) is 0 Å². The Morgan fingerprint density at radius 3 is 2.14 bits per heavy atom. The summed E-state index contributed by atoms with van der Waals surface area (Å²) in [6, 6.07) is 8.28. The van der Waals surface area contributed by atoms with Gasteiger partial charge in [0, 0.05) is 50.1 Å². The summed E-state index contributed by atoms with van der Waals surface area (Å²) in [5.74, 6) is -6.02. The Hall–Kier alpha value is -2.84. The largest absolute Gasteiger partial charge is 0.490 e. The van der Waals surface area contributed by atoms with Crippen LogP contribution >= 0.6 is 0 Å². The van der Waals surface area contributed by atoms with Crippen LogP contribution in [0.3, 0.4) is 0 Å². The topological polar surface area (TPSA) is 144 Å². The number of aliphatic carboxylic acids is 1. The van der Waals surface area contributed by atoms with E-state index in [9.17, 15) is 41.8 Å². The van der Waals surface area contributed by atoms with Gasteiger partial charge >= 0.3 is 12.1 Å². The zero-order valence-corrected chi connectivity index (χ0v) is 23.1. The summed E-state index contributed by atoms with van der Waals surface area (Å²) in [5, 5.41) is 26.4. The van der Waals surface area contributed by atoms with Gasteiger partial charge in [0.05, 0.1) is 6.61 Å². The first-order valence-electron chi connectivity index (χ1n) is 14.0. The third-order valence-corrected chi connectivity index (χ3v) is 8.48. The SMILES string of the molecule is NC(=O)c1cccc(C2C[C@H]3CC[C@@H](C2)N3CCN(CC2CCC(F)(F)CC2)C(=O)[C@@H](O)CO)c1.O=C(O)C(F)(F)F. The molecule has 1 aromatic rings. The number of rotatable bonds is 9. The van der Waals surface area contributed by atoms with Crippen LogP contribution in [-0.2, 0) is 9.59 Å². The van der Waals surface area contributed by atoms with Crippen LogP contribution in [-0.4, -0.2) is 99.4 Å². The number of hydrogen-bond donors (Lipinski definition) is 4. The lowest BCUT2D eigenvalue weighted by molar-refractivity contribution is -0.192. The fourth-order valence-electron chi connectivity index (χ4n) is 6.27. The number of hydrogen-bond acceptors (Lipinski definition) is 6. The van der Waals surface area contributed by atoms with E-state index < -0.39 is 42.6 Å². The molecule has 1 aliphatic carbocycles. The molecule has 236 valence electrons. The minimum absolute atomic E-state index is 0.0236. The number of nitrogens with zero attached hydrogens (tertiary/aromatic N) is 2. The molecule has 2 saturated heterocycles. The molecule has 1 unspecified atom stereocenters. The lowest BCUT2D eigenvalue weighted by Gasteiger charge is -2.41. The quantitative estimate of drug-likeness (QED) is 0.316. The maximum absolute atomic E-state index is 13.6.